The summed E-state index contributed by atoms with van der Waals surface area (Å²) >= 11 is 5.93. The van der Waals surface area contributed by atoms with Crippen molar-refractivity contribution in [3.05, 3.63) is 71.2 Å². The van der Waals surface area contributed by atoms with Crippen LogP contribution in [-0.4, -0.2) is 13.0 Å². The number of hydrogen-bond acceptors (Lipinski definition) is 3. The van der Waals surface area contributed by atoms with E-state index in [0.717, 1.165) is 0 Å². The maximum atomic E-state index is 13.8. The molecular formula is C18H13ClFNO3. The molecule has 0 aliphatic heterocycles. The second-order valence-corrected chi connectivity index (χ2v) is 5.38. The van der Waals surface area contributed by atoms with Gasteiger partial charge in [0, 0.05) is 5.02 Å². The summed E-state index contributed by atoms with van der Waals surface area (Å²) in [5.74, 6) is -0.117. The summed E-state index contributed by atoms with van der Waals surface area (Å²) in [6.07, 6.45) is 0. The Balaban J connectivity index is 1.85. The van der Waals surface area contributed by atoms with E-state index in [1.165, 1.54) is 19.2 Å². The molecule has 0 bridgehead atoms. The molecule has 122 valence electrons. The Morgan fingerprint density at radius 1 is 1.17 bits per heavy atom. The van der Waals surface area contributed by atoms with Crippen LogP contribution in [0.25, 0.3) is 11.3 Å². The lowest BCUT2D eigenvalue weighted by atomic mass is 10.1. The Hall–Kier alpha value is -2.79. The fraction of sp³-hybridized carbons (Fsp3) is 0.0556. The van der Waals surface area contributed by atoms with Crippen LogP contribution in [0.5, 0.6) is 5.75 Å². The average molecular weight is 346 g/mol. The molecule has 0 saturated carbocycles. The maximum Gasteiger partial charge on any atom is 0.291 e. The standard InChI is InChI=1S/C18H13ClFNO3/c1-23-16-7-6-11(19)10-14(16)21-18(22)17-9-8-15(24-17)12-4-2-3-5-13(12)20/h2-10H,1H3,(H,21,22). The SMILES string of the molecule is COc1ccc(Cl)cc1NC(=O)c1ccc(-c2ccccc2F)o1. The number of carbonyl (C=O) groups excluding carboxylic acids is 1. The Morgan fingerprint density at radius 3 is 2.71 bits per heavy atom. The van der Waals surface area contributed by atoms with E-state index in [-0.39, 0.29) is 17.1 Å². The van der Waals surface area contributed by atoms with E-state index < -0.39 is 11.7 Å². The number of benzene rings is 2. The molecule has 0 radical (unpaired) electrons. The van der Waals surface area contributed by atoms with Crippen LogP contribution in [0.4, 0.5) is 10.1 Å². The van der Waals surface area contributed by atoms with E-state index in [2.05, 4.69) is 5.32 Å². The molecule has 1 aromatic heterocycles. The van der Waals surface area contributed by atoms with Crippen molar-refractivity contribution in [2.45, 2.75) is 0 Å². The summed E-state index contributed by atoms with van der Waals surface area (Å²) < 4.78 is 24.4. The predicted molar refractivity (Wildman–Crippen MR) is 90.1 cm³/mol. The first kappa shape index (κ1) is 16.1. The van der Waals surface area contributed by atoms with Gasteiger partial charge in [-0.15, -0.1) is 0 Å². The van der Waals surface area contributed by atoms with Gasteiger partial charge in [-0.3, -0.25) is 4.79 Å². The monoisotopic (exact) mass is 345 g/mol. The van der Waals surface area contributed by atoms with Crippen LogP contribution in [0, 0.1) is 5.82 Å². The normalized spacial score (nSPS) is 10.5. The number of halogens is 2. The summed E-state index contributed by atoms with van der Waals surface area (Å²) in [6.45, 7) is 0. The van der Waals surface area contributed by atoms with Crippen LogP contribution in [-0.2, 0) is 0 Å². The van der Waals surface area contributed by atoms with E-state index in [0.29, 0.717) is 16.5 Å². The summed E-state index contributed by atoms with van der Waals surface area (Å²) in [4.78, 5) is 12.3. The number of amides is 1. The smallest absolute Gasteiger partial charge is 0.291 e. The number of carbonyl (C=O) groups is 1. The topological polar surface area (TPSA) is 51.5 Å². The molecule has 1 amide bonds. The quantitative estimate of drug-likeness (QED) is 0.724. The highest BCUT2D eigenvalue weighted by Gasteiger charge is 2.16. The average Bonchev–Trinajstić information content (AvgIpc) is 3.05. The zero-order valence-corrected chi connectivity index (χ0v) is 13.4. The van der Waals surface area contributed by atoms with Gasteiger partial charge in [0.05, 0.1) is 18.4 Å². The van der Waals surface area contributed by atoms with Gasteiger partial charge in [-0.25, -0.2) is 4.39 Å². The van der Waals surface area contributed by atoms with E-state index in [1.54, 1.807) is 42.5 Å². The molecule has 4 nitrogen and oxygen atoms in total. The molecule has 0 fully saturated rings. The van der Waals surface area contributed by atoms with Crippen LogP contribution in [0.3, 0.4) is 0 Å². The number of anilines is 1. The maximum absolute atomic E-state index is 13.8. The largest absolute Gasteiger partial charge is 0.495 e. The zero-order valence-electron chi connectivity index (χ0n) is 12.7. The Labute approximate surface area is 142 Å². The van der Waals surface area contributed by atoms with Crippen LogP contribution >= 0.6 is 11.6 Å². The first-order valence-electron chi connectivity index (χ1n) is 7.08. The minimum atomic E-state index is -0.488. The van der Waals surface area contributed by atoms with Gasteiger partial charge in [-0.05, 0) is 42.5 Å². The summed E-state index contributed by atoms with van der Waals surface area (Å²) in [5.41, 5.74) is 0.704. The van der Waals surface area contributed by atoms with Crippen molar-refractivity contribution in [3.63, 3.8) is 0 Å². The van der Waals surface area contributed by atoms with Crippen molar-refractivity contribution in [1.82, 2.24) is 0 Å². The predicted octanol–water partition coefficient (Wildman–Crippen LogP) is 5.00. The summed E-state index contributed by atoms with van der Waals surface area (Å²) in [7, 11) is 1.49. The highest BCUT2D eigenvalue weighted by atomic mass is 35.5. The van der Waals surface area contributed by atoms with E-state index >= 15 is 0 Å². The van der Waals surface area contributed by atoms with Crippen LogP contribution in [0.2, 0.25) is 5.02 Å². The Morgan fingerprint density at radius 2 is 1.96 bits per heavy atom. The number of furan rings is 1. The van der Waals surface area contributed by atoms with Gasteiger partial charge < -0.3 is 14.5 Å². The van der Waals surface area contributed by atoms with Gasteiger partial charge >= 0.3 is 0 Å². The van der Waals surface area contributed by atoms with Gasteiger partial charge in [0.25, 0.3) is 5.91 Å². The molecule has 0 spiro atoms. The Kier molecular flexibility index (Phi) is 4.53. The molecular weight excluding hydrogens is 333 g/mol. The number of hydrogen-bond donors (Lipinski definition) is 1. The number of methoxy groups -OCH3 is 1. The molecule has 3 aromatic rings. The highest BCUT2D eigenvalue weighted by Crippen LogP contribution is 2.29. The molecule has 1 heterocycles. The third-order valence-electron chi connectivity index (χ3n) is 3.38. The minimum absolute atomic E-state index is 0.0512. The van der Waals surface area contributed by atoms with Crippen molar-refractivity contribution in [2.24, 2.45) is 0 Å². The second kappa shape index (κ2) is 6.76. The fourth-order valence-electron chi connectivity index (χ4n) is 2.23. The van der Waals surface area contributed by atoms with Crippen LogP contribution in [0.1, 0.15) is 10.6 Å². The highest BCUT2D eigenvalue weighted by molar-refractivity contribution is 6.31. The molecule has 24 heavy (non-hydrogen) atoms. The lowest BCUT2D eigenvalue weighted by Crippen LogP contribution is -2.11. The van der Waals surface area contributed by atoms with Gasteiger partial charge in [-0.1, -0.05) is 23.7 Å². The molecule has 1 N–H and O–H groups in total. The van der Waals surface area contributed by atoms with Crippen LogP contribution in [0.15, 0.2) is 59.0 Å². The van der Waals surface area contributed by atoms with Gasteiger partial charge in [0.1, 0.15) is 17.3 Å². The third kappa shape index (κ3) is 3.26. The van der Waals surface area contributed by atoms with Crippen molar-refractivity contribution in [1.29, 1.82) is 0 Å². The fourth-order valence-corrected chi connectivity index (χ4v) is 2.40. The van der Waals surface area contributed by atoms with Crippen molar-refractivity contribution >= 4 is 23.2 Å². The minimum Gasteiger partial charge on any atom is -0.495 e. The van der Waals surface area contributed by atoms with Crippen molar-refractivity contribution in [3.8, 4) is 17.1 Å². The van der Waals surface area contributed by atoms with Crippen molar-refractivity contribution in [2.75, 3.05) is 12.4 Å². The molecule has 0 aliphatic rings. The molecule has 0 aliphatic carbocycles. The Bertz CT molecular complexity index is 891. The lowest BCUT2D eigenvalue weighted by Gasteiger charge is -2.09. The molecule has 2 aromatic carbocycles. The zero-order chi connectivity index (χ0) is 17.1. The molecule has 0 atom stereocenters. The van der Waals surface area contributed by atoms with E-state index in [9.17, 15) is 9.18 Å². The number of ether oxygens (including phenoxy) is 1. The molecule has 0 saturated heterocycles. The second-order valence-electron chi connectivity index (χ2n) is 4.94. The molecule has 0 unspecified atom stereocenters. The van der Waals surface area contributed by atoms with E-state index in [1.807, 2.05) is 0 Å². The molecule has 3 rings (SSSR count). The number of rotatable bonds is 4. The lowest BCUT2D eigenvalue weighted by molar-refractivity contribution is 0.0997. The third-order valence-corrected chi connectivity index (χ3v) is 3.61. The van der Waals surface area contributed by atoms with Gasteiger partial charge in [-0.2, -0.15) is 0 Å². The van der Waals surface area contributed by atoms with Gasteiger partial charge in [0.2, 0.25) is 0 Å². The van der Waals surface area contributed by atoms with Gasteiger partial charge in [0.15, 0.2) is 5.76 Å². The van der Waals surface area contributed by atoms with Crippen molar-refractivity contribution < 1.29 is 18.3 Å². The first-order valence-corrected chi connectivity index (χ1v) is 7.46. The molecule has 6 heteroatoms. The summed E-state index contributed by atoms with van der Waals surface area (Å²) in [5, 5.41) is 3.12. The number of nitrogens with one attached hydrogen (secondary N) is 1. The van der Waals surface area contributed by atoms with Crippen LogP contribution < -0.4 is 10.1 Å². The first-order chi connectivity index (χ1) is 11.6. The summed E-state index contributed by atoms with van der Waals surface area (Å²) in [6, 6.07) is 14.1. The van der Waals surface area contributed by atoms with E-state index in [4.69, 9.17) is 20.8 Å².